The van der Waals surface area contributed by atoms with Crippen LogP contribution in [0.1, 0.15) is 19.8 Å². The Bertz CT molecular complexity index is 213. The van der Waals surface area contributed by atoms with Crippen molar-refractivity contribution in [1.82, 2.24) is 0 Å². The molecule has 0 saturated carbocycles. The lowest BCUT2D eigenvalue weighted by molar-refractivity contribution is -0.139. The van der Waals surface area contributed by atoms with Crippen LogP contribution in [0.15, 0.2) is 12.2 Å². The fraction of sp³-hybridized carbons (Fsp3) is 0.625. The first-order valence-electron chi connectivity index (χ1n) is 4.22. The van der Waals surface area contributed by atoms with Crippen molar-refractivity contribution in [2.24, 2.45) is 0 Å². The van der Waals surface area contributed by atoms with E-state index in [0.29, 0.717) is 18.2 Å². The summed E-state index contributed by atoms with van der Waals surface area (Å²) in [6.07, 6.45) is 1.49. The predicted molar refractivity (Wildman–Crippen MR) is 63.1 cm³/mol. The molecule has 0 bridgehead atoms. The molecule has 0 unspecified atom stereocenters. The highest BCUT2D eigenvalue weighted by Gasteiger charge is 2.23. The second-order valence-electron chi connectivity index (χ2n) is 2.99. The quantitative estimate of drug-likeness (QED) is 0.244. The third-order valence-corrected chi connectivity index (χ3v) is 4.06. The van der Waals surface area contributed by atoms with Crippen molar-refractivity contribution in [3.8, 4) is 0 Å². The lowest BCUT2D eigenvalue weighted by Crippen LogP contribution is -2.10. The van der Waals surface area contributed by atoms with Crippen LogP contribution in [0.5, 0.6) is 0 Å². The van der Waals surface area contributed by atoms with Crippen LogP contribution in [0.4, 0.5) is 0 Å². The van der Waals surface area contributed by atoms with Gasteiger partial charge >= 0.3 is 12.0 Å². The van der Waals surface area contributed by atoms with Crippen molar-refractivity contribution >= 4 is 45.2 Å². The Kier molecular flexibility index (Phi) is 6.86. The summed E-state index contributed by atoms with van der Waals surface area (Å²) in [5, 5.41) is 0. The Balaban J connectivity index is 3.39. The van der Waals surface area contributed by atoms with Crippen LogP contribution in [-0.2, 0) is 9.53 Å². The highest BCUT2D eigenvalue weighted by atomic mass is 35.8. The van der Waals surface area contributed by atoms with Crippen molar-refractivity contribution in [3.63, 3.8) is 0 Å². The molecule has 2 nitrogen and oxygen atoms in total. The second-order valence-corrected chi connectivity index (χ2v) is 12.3. The monoisotopic (exact) mass is 274 g/mol. The summed E-state index contributed by atoms with van der Waals surface area (Å²) in [4.78, 5) is 10.9. The van der Waals surface area contributed by atoms with Gasteiger partial charge in [-0.1, -0.05) is 6.58 Å². The summed E-state index contributed by atoms with van der Waals surface area (Å²) in [5.74, 6) is -0.365. The summed E-state index contributed by atoms with van der Waals surface area (Å²) in [6.45, 7) is 5.43. The molecule has 0 rings (SSSR count). The van der Waals surface area contributed by atoms with Crippen LogP contribution in [0, 0.1) is 0 Å². The standard InChI is InChI=1S/C8H13Cl3O2Si/c1-7(2)8(12)13-5-3-4-6-14(9,10)11/h1,3-6H2,2H3. The lowest BCUT2D eigenvalue weighted by Gasteiger charge is -2.07. The highest BCUT2D eigenvalue weighted by Crippen LogP contribution is 2.26. The van der Waals surface area contributed by atoms with Crippen LogP contribution >= 0.6 is 33.2 Å². The van der Waals surface area contributed by atoms with Gasteiger partial charge in [0.1, 0.15) is 0 Å². The molecule has 14 heavy (non-hydrogen) atoms. The van der Waals surface area contributed by atoms with Crippen LogP contribution < -0.4 is 0 Å². The Morgan fingerprint density at radius 3 is 2.36 bits per heavy atom. The third kappa shape index (κ3) is 8.88. The maximum atomic E-state index is 10.9. The Hall–Kier alpha value is 0.297. The van der Waals surface area contributed by atoms with Gasteiger partial charge in [0, 0.05) is 5.57 Å². The number of hydrogen-bond acceptors (Lipinski definition) is 2. The molecule has 0 aromatic carbocycles. The highest BCUT2D eigenvalue weighted by molar-refractivity contribution is 7.64. The molecule has 0 heterocycles. The summed E-state index contributed by atoms with van der Waals surface area (Å²) in [7, 11) is 0. The molecular weight excluding hydrogens is 263 g/mol. The second kappa shape index (κ2) is 6.72. The number of halogens is 3. The van der Waals surface area contributed by atoms with E-state index in [1.165, 1.54) is 0 Å². The number of carbonyl (C=O) groups excluding carboxylic acids is 1. The van der Waals surface area contributed by atoms with E-state index in [2.05, 4.69) is 6.58 Å². The summed E-state index contributed by atoms with van der Waals surface area (Å²) in [5.41, 5.74) is 0.403. The van der Waals surface area contributed by atoms with Gasteiger partial charge < -0.3 is 4.74 Å². The van der Waals surface area contributed by atoms with Gasteiger partial charge in [-0.3, -0.25) is 0 Å². The maximum absolute atomic E-state index is 10.9. The lowest BCUT2D eigenvalue weighted by atomic mass is 10.3. The molecule has 0 aliphatic carbocycles. The smallest absolute Gasteiger partial charge is 0.341 e. The van der Waals surface area contributed by atoms with Crippen LogP contribution in [0.25, 0.3) is 0 Å². The topological polar surface area (TPSA) is 26.3 Å². The van der Waals surface area contributed by atoms with E-state index in [1.807, 2.05) is 0 Å². The van der Waals surface area contributed by atoms with Crippen molar-refractivity contribution in [2.45, 2.75) is 25.8 Å². The molecular formula is C8H13Cl3O2Si. The summed E-state index contributed by atoms with van der Waals surface area (Å²) in [6, 6.07) is -1.90. The number of unbranched alkanes of at least 4 members (excludes halogenated alkanes) is 1. The van der Waals surface area contributed by atoms with Gasteiger partial charge in [-0.25, -0.2) is 4.79 Å². The Labute approximate surface area is 99.3 Å². The van der Waals surface area contributed by atoms with Crippen LogP contribution in [-0.4, -0.2) is 18.6 Å². The number of ether oxygens (including phenoxy) is 1. The van der Waals surface area contributed by atoms with E-state index < -0.39 is 6.00 Å². The van der Waals surface area contributed by atoms with Crippen LogP contribution in [0.3, 0.4) is 0 Å². The van der Waals surface area contributed by atoms with Gasteiger partial charge in [0.25, 0.3) is 0 Å². The average molecular weight is 276 g/mol. The van der Waals surface area contributed by atoms with E-state index in [4.69, 9.17) is 38.0 Å². The maximum Gasteiger partial charge on any atom is 0.341 e. The minimum Gasteiger partial charge on any atom is -0.462 e. The van der Waals surface area contributed by atoms with Crippen molar-refractivity contribution in [2.75, 3.05) is 6.61 Å². The van der Waals surface area contributed by atoms with E-state index in [9.17, 15) is 4.79 Å². The van der Waals surface area contributed by atoms with Gasteiger partial charge in [-0.05, 0) is 25.8 Å². The molecule has 82 valence electrons. The number of hydrogen-bond donors (Lipinski definition) is 0. The molecule has 6 heteroatoms. The van der Waals surface area contributed by atoms with E-state index in [-0.39, 0.29) is 5.97 Å². The zero-order valence-electron chi connectivity index (χ0n) is 7.99. The largest absolute Gasteiger partial charge is 0.462 e. The van der Waals surface area contributed by atoms with Gasteiger partial charge in [-0.2, -0.15) is 0 Å². The predicted octanol–water partition coefficient (Wildman–Crippen LogP) is 3.54. The molecule has 0 aliphatic heterocycles. The molecule has 0 saturated heterocycles. The minimum absolute atomic E-state index is 0.362. The molecule has 0 aromatic heterocycles. The SMILES string of the molecule is C=C(C)C(=O)OCCCC[Si](Cl)(Cl)Cl. The number of esters is 1. The molecule has 0 radical (unpaired) electrons. The van der Waals surface area contributed by atoms with Gasteiger partial charge in [-0.15, -0.1) is 33.2 Å². The van der Waals surface area contributed by atoms with Crippen molar-refractivity contribution in [1.29, 1.82) is 0 Å². The number of rotatable bonds is 6. The first kappa shape index (κ1) is 14.3. The molecule has 0 amide bonds. The summed E-state index contributed by atoms with van der Waals surface area (Å²) < 4.78 is 4.87. The Morgan fingerprint density at radius 2 is 1.93 bits per heavy atom. The van der Waals surface area contributed by atoms with E-state index in [1.54, 1.807) is 6.92 Å². The zero-order chi connectivity index (χ0) is 11.2. The van der Waals surface area contributed by atoms with Crippen molar-refractivity contribution < 1.29 is 9.53 Å². The molecule has 0 aromatic rings. The van der Waals surface area contributed by atoms with Gasteiger partial charge in [0.2, 0.25) is 0 Å². The Morgan fingerprint density at radius 1 is 1.36 bits per heavy atom. The van der Waals surface area contributed by atoms with Gasteiger partial charge in [0.05, 0.1) is 6.61 Å². The summed E-state index contributed by atoms with van der Waals surface area (Å²) >= 11 is 17.0. The zero-order valence-corrected chi connectivity index (χ0v) is 11.3. The normalized spacial score (nSPS) is 11.1. The molecule has 0 aliphatic rings. The van der Waals surface area contributed by atoms with E-state index in [0.717, 1.165) is 12.8 Å². The molecule has 0 fully saturated rings. The minimum atomic E-state index is -2.50. The number of carbonyl (C=O) groups is 1. The first-order valence-corrected chi connectivity index (χ1v) is 9.46. The molecule has 0 atom stereocenters. The third-order valence-electron chi connectivity index (χ3n) is 1.44. The van der Waals surface area contributed by atoms with E-state index >= 15 is 0 Å². The average Bonchev–Trinajstić information content (AvgIpc) is 2.01. The fourth-order valence-corrected chi connectivity index (χ4v) is 2.57. The molecule has 0 spiro atoms. The first-order chi connectivity index (χ1) is 6.33. The fourth-order valence-electron chi connectivity index (χ4n) is 0.716. The molecule has 0 N–H and O–H groups in total. The van der Waals surface area contributed by atoms with Gasteiger partial charge in [0.15, 0.2) is 0 Å². The van der Waals surface area contributed by atoms with Crippen molar-refractivity contribution in [3.05, 3.63) is 12.2 Å². The van der Waals surface area contributed by atoms with Crippen LogP contribution in [0.2, 0.25) is 6.04 Å².